The molecule has 8 nitrogen and oxygen atoms in total. The van der Waals surface area contributed by atoms with Crippen LogP contribution in [0.3, 0.4) is 0 Å². The molecular weight excluding hydrogens is 439 g/mol. The fraction of sp³-hybridized carbons (Fsp3) is 0.200. The van der Waals surface area contributed by atoms with Gasteiger partial charge in [-0.05, 0) is 30.3 Å². The predicted octanol–water partition coefficient (Wildman–Crippen LogP) is 3.73. The van der Waals surface area contributed by atoms with E-state index in [2.05, 4.69) is 10.2 Å². The number of carbonyl (C=O) groups is 2. The van der Waals surface area contributed by atoms with E-state index in [0.29, 0.717) is 31.7 Å². The number of hydrogen-bond acceptors (Lipinski definition) is 6. The summed E-state index contributed by atoms with van der Waals surface area (Å²) in [5, 5.41) is 14.0. The lowest BCUT2D eigenvalue weighted by molar-refractivity contribution is -0.384. The molecule has 0 aliphatic carbocycles. The Morgan fingerprint density at radius 3 is 2.26 bits per heavy atom. The van der Waals surface area contributed by atoms with Crippen molar-refractivity contribution in [2.45, 2.75) is 0 Å². The van der Waals surface area contributed by atoms with Crippen LogP contribution in [0.5, 0.6) is 0 Å². The smallest absolute Gasteiger partial charge is 0.270 e. The molecule has 1 saturated heterocycles. The van der Waals surface area contributed by atoms with Gasteiger partial charge in [-0.1, -0.05) is 30.3 Å². The maximum Gasteiger partial charge on any atom is 0.270 e. The van der Waals surface area contributed by atoms with Gasteiger partial charge in [0, 0.05) is 49.6 Å². The standard InChI is InChI=1S/C25H23FN4O4/c26-19-6-8-20(9-7-19)29-14-12-28(13-15-29)17-24(31)27-23-11-10-21(30(33)34)16-22(23)25(32)18-4-2-1-3-5-18/h1-11,16H,12-15,17H2,(H,27,31). The van der Waals surface area contributed by atoms with Crippen LogP contribution >= 0.6 is 0 Å². The summed E-state index contributed by atoms with van der Waals surface area (Å²) in [4.78, 5) is 40.5. The molecule has 1 amide bonds. The van der Waals surface area contributed by atoms with Crippen LogP contribution in [-0.2, 0) is 4.79 Å². The molecule has 174 valence electrons. The number of nitro benzene ring substituents is 1. The Morgan fingerprint density at radius 2 is 1.62 bits per heavy atom. The number of nitro groups is 1. The average molecular weight is 462 g/mol. The quantitative estimate of drug-likeness (QED) is 0.327. The number of non-ortho nitro benzene ring substituents is 1. The molecule has 0 unspecified atom stereocenters. The molecule has 0 spiro atoms. The number of halogens is 1. The highest BCUT2D eigenvalue weighted by atomic mass is 19.1. The Morgan fingerprint density at radius 1 is 0.941 bits per heavy atom. The summed E-state index contributed by atoms with van der Waals surface area (Å²) in [5.41, 5.74) is 1.37. The molecule has 1 heterocycles. The molecule has 9 heteroatoms. The summed E-state index contributed by atoms with van der Waals surface area (Å²) >= 11 is 0. The number of carbonyl (C=O) groups excluding carboxylic acids is 2. The van der Waals surface area contributed by atoms with Crippen molar-refractivity contribution in [3.8, 4) is 0 Å². The van der Waals surface area contributed by atoms with E-state index >= 15 is 0 Å². The molecule has 0 aromatic heterocycles. The van der Waals surface area contributed by atoms with Crippen LogP contribution in [0, 0.1) is 15.9 Å². The number of nitrogens with one attached hydrogen (secondary N) is 1. The maximum absolute atomic E-state index is 13.1. The van der Waals surface area contributed by atoms with Gasteiger partial charge in [-0.2, -0.15) is 0 Å². The van der Waals surface area contributed by atoms with Crippen molar-refractivity contribution in [3.63, 3.8) is 0 Å². The second-order valence-electron chi connectivity index (χ2n) is 7.97. The summed E-state index contributed by atoms with van der Waals surface area (Å²) in [5.74, 6) is -1.01. The first kappa shape index (κ1) is 23.1. The lowest BCUT2D eigenvalue weighted by Gasteiger charge is -2.35. The Bertz CT molecular complexity index is 1190. The number of hydrogen-bond donors (Lipinski definition) is 1. The van der Waals surface area contributed by atoms with Crippen LogP contribution in [0.25, 0.3) is 0 Å². The van der Waals surface area contributed by atoms with Crippen LogP contribution in [0.15, 0.2) is 72.8 Å². The van der Waals surface area contributed by atoms with Crippen molar-refractivity contribution in [1.29, 1.82) is 0 Å². The third-order valence-electron chi connectivity index (χ3n) is 5.70. The van der Waals surface area contributed by atoms with E-state index < -0.39 is 10.7 Å². The van der Waals surface area contributed by atoms with Gasteiger partial charge in [0.25, 0.3) is 5.69 Å². The molecular formula is C25H23FN4O4. The van der Waals surface area contributed by atoms with Gasteiger partial charge < -0.3 is 10.2 Å². The molecule has 3 aromatic rings. The van der Waals surface area contributed by atoms with Gasteiger partial charge in [0.1, 0.15) is 5.82 Å². The van der Waals surface area contributed by atoms with Crippen LogP contribution in [0.2, 0.25) is 0 Å². The zero-order valence-corrected chi connectivity index (χ0v) is 18.3. The minimum atomic E-state index is -0.575. The highest BCUT2D eigenvalue weighted by molar-refractivity contribution is 6.14. The third-order valence-corrected chi connectivity index (χ3v) is 5.70. The number of benzene rings is 3. The van der Waals surface area contributed by atoms with E-state index in [0.717, 1.165) is 5.69 Å². The monoisotopic (exact) mass is 462 g/mol. The first-order chi connectivity index (χ1) is 16.4. The molecule has 1 aliphatic heterocycles. The Labute approximate surface area is 195 Å². The van der Waals surface area contributed by atoms with Crippen LogP contribution in [0.1, 0.15) is 15.9 Å². The number of piperazine rings is 1. The van der Waals surface area contributed by atoms with Crippen molar-refractivity contribution in [1.82, 2.24) is 4.90 Å². The molecule has 3 aromatic carbocycles. The lowest BCUT2D eigenvalue weighted by Crippen LogP contribution is -2.48. The topological polar surface area (TPSA) is 95.8 Å². The van der Waals surface area contributed by atoms with Gasteiger partial charge in [0.2, 0.25) is 5.91 Å². The number of ketones is 1. The minimum Gasteiger partial charge on any atom is -0.369 e. The van der Waals surface area contributed by atoms with Crippen molar-refractivity contribution in [3.05, 3.63) is 99.9 Å². The fourth-order valence-electron chi connectivity index (χ4n) is 3.90. The first-order valence-electron chi connectivity index (χ1n) is 10.8. The van der Waals surface area contributed by atoms with Gasteiger partial charge in [0.05, 0.1) is 22.7 Å². The molecule has 0 radical (unpaired) electrons. The van der Waals surface area contributed by atoms with Crippen molar-refractivity contribution in [2.24, 2.45) is 0 Å². The summed E-state index contributed by atoms with van der Waals surface area (Å²) in [6, 6.07) is 18.6. The molecule has 1 fully saturated rings. The van der Waals surface area contributed by atoms with Gasteiger partial charge in [-0.25, -0.2) is 4.39 Å². The highest BCUT2D eigenvalue weighted by Gasteiger charge is 2.22. The van der Waals surface area contributed by atoms with Gasteiger partial charge in [-0.3, -0.25) is 24.6 Å². The van der Waals surface area contributed by atoms with E-state index in [1.165, 1.54) is 30.3 Å². The molecule has 1 N–H and O–H groups in total. The molecule has 34 heavy (non-hydrogen) atoms. The first-order valence-corrected chi connectivity index (χ1v) is 10.8. The maximum atomic E-state index is 13.1. The zero-order chi connectivity index (χ0) is 24.1. The SMILES string of the molecule is O=C(CN1CCN(c2ccc(F)cc2)CC1)Nc1ccc([N+](=O)[O-])cc1C(=O)c1ccccc1. The van der Waals surface area contributed by atoms with Crippen molar-refractivity contribution in [2.75, 3.05) is 42.9 Å². The number of rotatable bonds is 7. The van der Waals surface area contributed by atoms with Crippen molar-refractivity contribution >= 4 is 28.8 Å². The summed E-state index contributed by atoms with van der Waals surface area (Å²) < 4.78 is 13.1. The van der Waals surface area contributed by atoms with Gasteiger partial charge in [0.15, 0.2) is 5.78 Å². The summed E-state index contributed by atoms with van der Waals surface area (Å²) in [6.45, 7) is 2.78. The number of anilines is 2. The van der Waals surface area contributed by atoms with E-state index in [1.807, 2.05) is 4.90 Å². The lowest BCUT2D eigenvalue weighted by atomic mass is 10.0. The fourth-order valence-corrected chi connectivity index (χ4v) is 3.90. The zero-order valence-electron chi connectivity index (χ0n) is 18.3. The minimum absolute atomic E-state index is 0.0647. The third kappa shape index (κ3) is 5.44. The molecule has 0 saturated carbocycles. The second kappa shape index (κ2) is 10.2. The van der Waals surface area contributed by atoms with E-state index in [-0.39, 0.29) is 35.2 Å². The molecule has 0 bridgehead atoms. The van der Waals surface area contributed by atoms with E-state index in [4.69, 9.17) is 0 Å². The Hall–Kier alpha value is -4.11. The molecule has 1 aliphatic rings. The molecule has 0 atom stereocenters. The number of nitrogens with zero attached hydrogens (tertiary/aromatic N) is 3. The Balaban J connectivity index is 1.42. The highest BCUT2D eigenvalue weighted by Crippen LogP contribution is 2.25. The largest absolute Gasteiger partial charge is 0.369 e. The Kier molecular flexibility index (Phi) is 6.93. The second-order valence-corrected chi connectivity index (χ2v) is 7.97. The predicted molar refractivity (Wildman–Crippen MR) is 127 cm³/mol. The van der Waals surface area contributed by atoms with Crippen LogP contribution < -0.4 is 10.2 Å². The molecule has 4 rings (SSSR count). The van der Waals surface area contributed by atoms with Gasteiger partial charge in [-0.15, -0.1) is 0 Å². The number of amides is 1. The normalized spacial score (nSPS) is 14.0. The van der Waals surface area contributed by atoms with E-state index in [9.17, 15) is 24.1 Å². The summed E-state index contributed by atoms with van der Waals surface area (Å²) in [7, 11) is 0. The van der Waals surface area contributed by atoms with Crippen LogP contribution in [0.4, 0.5) is 21.5 Å². The van der Waals surface area contributed by atoms with Gasteiger partial charge >= 0.3 is 0 Å². The van der Waals surface area contributed by atoms with Crippen LogP contribution in [-0.4, -0.2) is 54.2 Å². The summed E-state index contributed by atoms with van der Waals surface area (Å²) in [6.07, 6.45) is 0. The van der Waals surface area contributed by atoms with E-state index in [1.54, 1.807) is 42.5 Å². The van der Waals surface area contributed by atoms with Crippen molar-refractivity contribution < 1.29 is 18.9 Å². The average Bonchev–Trinajstić information content (AvgIpc) is 2.85.